The molecule has 3 aliphatic heterocycles. The molecule has 4 aliphatic rings. The third-order valence-corrected chi connectivity index (χ3v) is 9.81. The van der Waals surface area contributed by atoms with Crippen LogP contribution in [0, 0.1) is 11.8 Å². The van der Waals surface area contributed by atoms with E-state index in [1.54, 1.807) is 13.3 Å². The number of methoxy groups -OCH3 is 2. The largest absolute Gasteiger partial charge is 0.495 e. The zero-order valence-corrected chi connectivity index (χ0v) is 23.5. The summed E-state index contributed by atoms with van der Waals surface area (Å²) in [6.07, 6.45) is 13.2. The molecule has 2 fully saturated rings. The first-order chi connectivity index (χ1) is 17.5. The third kappa shape index (κ3) is 5.91. The van der Waals surface area contributed by atoms with Crippen molar-refractivity contribution in [3.8, 4) is 0 Å². The van der Waals surface area contributed by atoms with E-state index in [1.165, 1.54) is 12.1 Å². The second-order valence-electron chi connectivity index (χ2n) is 10.5. The lowest BCUT2D eigenvalue weighted by atomic mass is 9.91. The Labute approximate surface area is 221 Å². The molecule has 0 aromatic rings. The van der Waals surface area contributed by atoms with Gasteiger partial charge in [0.25, 0.3) is 0 Å². The topological polar surface area (TPSA) is 75.4 Å². The van der Waals surface area contributed by atoms with Crippen LogP contribution in [0.5, 0.6) is 0 Å². The average molecular weight is 516 g/mol. The number of nitrogens with two attached hydrogens (primary N) is 1. The van der Waals surface area contributed by atoms with Crippen LogP contribution in [0.4, 0.5) is 0 Å². The fourth-order valence-electron chi connectivity index (χ4n) is 5.96. The number of fused-ring (bicyclic) bond motifs is 1. The molecule has 3 N–H and O–H groups in total. The lowest BCUT2D eigenvalue weighted by Gasteiger charge is -2.36. The summed E-state index contributed by atoms with van der Waals surface area (Å²) in [4.78, 5) is 9.91. The number of aliphatic imine (C=N–C) groups is 1. The molecule has 7 nitrogen and oxygen atoms in total. The number of thioether (sulfide) groups is 1. The van der Waals surface area contributed by atoms with Crippen molar-refractivity contribution in [2.75, 3.05) is 41.0 Å². The molecule has 2 saturated heterocycles. The molecule has 0 saturated carbocycles. The summed E-state index contributed by atoms with van der Waals surface area (Å²) in [7, 11) is 5.74. The van der Waals surface area contributed by atoms with Gasteiger partial charge >= 0.3 is 0 Å². The number of ether oxygens (including phenoxy) is 2. The fourth-order valence-corrected chi connectivity index (χ4v) is 7.28. The van der Waals surface area contributed by atoms with Crippen LogP contribution in [0.25, 0.3) is 0 Å². The molecule has 0 aromatic carbocycles. The van der Waals surface area contributed by atoms with Crippen molar-refractivity contribution in [1.29, 1.82) is 0 Å². The van der Waals surface area contributed by atoms with Gasteiger partial charge in [-0.1, -0.05) is 13.0 Å². The second kappa shape index (κ2) is 12.5. The average Bonchev–Trinajstić information content (AvgIpc) is 3.39. The van der Waals surface area contributed by atoms with E-state index in [2.05, 4.69) is 53.6 Å². The van der Waals surface area contributed by atoms with Gasteiger partial charge in [-0.05, 0) is 56.8 Å². The van der Waals surface area contributed by atoms with Gasteiger partial charge in [0.15, 0.2) is 0 Å². The monoisotopic (exact) mass is 515 g/mol. The van der Waals surface area contributed by atoms with E-state index < -0.39 is 0 Å². The lowest BCUT2D eigenvalue weighted by molar-refractivity contribution is 0.0491. The normalized spacial score (nSPS) is 32.3. The highest BCUT2D eigenvalue weighted by Crippen LogP contribution is 2.39. The van der Waals surface area contributed by atoms with Gasteiger partial charge in [0.2, 0.25) is 0 Å². The summed E-state index contributed by atoms with van der Waals surface area (Å²) >= 11 is 1.96. The Balaban J connectivity index is 1.46. The molecule has 4 unspecified atom stereocenters. The molecule has 0 spiro atoms. The van der Waals surface area contributed by atoms with Crippen molar-refractivity contribution < 1.29 is 9.47 Å². The number of allylic oxidation sites excluding steroid dienone is 5. The first-order valence-electron chi connectivity index (χ1n) is 13.5. The summed E-state index contributed by atoms with van der Waals surface area (Å²) in [6, 6.07) is 0.381. The van der Waals surface area contributed by atoms with Crippen LogP contribution in [0.3, 0.4) is 0 Å². The molecule has 4 rings (SSSR count). The first-order valence-corrected chi connectivity index (χ1v) is 14.4. The minimum atomic E-state index is 0.345. The molecular weight excluding hydrogens is 470 g/mol. The Morgan fingerprint density at radius 1 is 1.17 bits per heavy atom. The van der Waals surface area contributed by atoms with Crippen LogP contribution in [0.2, 0.25) is 0 Å². The molecule has 1 aliphatic carbocycles. The summed E-state index contributed by atoms with van der Waals surface area (Å²) in [5.74, 6) is 1.88. The van der Waals surface area contributed by atoms with Crippen molar-refractivity contribution in [3.63, 3.8) is 0 Å². The Hall–Kier alpha value is -2.06. The quantitative estimate of drug-likeness (QED) is 0.542. The number of nitrogens with one attached hydrogen (secondary N) is 1. The molecule has 4 atom stereocenters. The Morgan fingerprint density at radius 2 is 1.94 bits per heavy atom. The second-order valence-corrected chi connectivity index (χ2v) is 11.5. The summed E-state index contributed by atoms with van der Waals surface area (Å²) in [5, 5.41) is 6.42. The van der Waals surface area contributed by atoms with Crippen LogP contribution in [0.15, 0.2) is 51.6 Å². The van der Waals surface area contributed by atoms with E-state index in [0.717, 1.165) is 68.1 Å². The summed E-state index contributed by atoms with van der Waals surface area (Å²) < 4.78 is 11.3. The van der Waals surface area contributed by atoms with Crippen LogP contribution >= 0.6 is 11.8 Å². The Bertz CT molecular complexity index is 919. The molecule has 0 bridgehead atoms. The van der Waals surface area contributed by atoms with Gasteiger partial charge in [-0.25, -0.2) is 0 Å². The number of hydrogen-bond donors (Lipinski definition) is 2. The van der Waals surface area contributed by atoms with Gasteiger partial charge in [-0.15, -0.1) is 11.8 Å². The molecule has 0 amide bonds. The smallest absolute Gasteiger partial charge is 0.139 e. The summed E-state index contributed by atoms with van der Waals surface area (Å²) in [6.45, 7) is 7.21. The van der Waals surface area contributed by atoms with Gasteiger partial charge in [0.05, 0.1) is 30.3 Å². The van der Waals surface area contributed by atoms with E-state index in [1.807, 2.05) is 18.9 Å². The molecular formula is C28H45N5O2S. The van der Waals surface area contributed by atoms with Crippen molar-refractivity contribution in [1.82, 2.24) is 15.1 Å². The SMILES string of the molecule is COC1=C(NCN=C2/C(=C\N)N(C)C(C)C3SC=CC3CCC2C)CCC(N2CCC(OC)CC2)=C1. The van der Waals surface area contributed by atoms with Crippen LogP contribution < -0.4 is 11.1 Å². The Kier molecular flexibility index (Phi) is 9.34. The van der Waals surface area contributed by atoms with E-state index >= 15 is 0 Å². The highest BCUT2D eigenvalue weighted by atomic mass is 32.2. The van der Waals surface area contributed by atoms with E-state index in [0.29, 0.717) is 35.9 Å². The molecule has 8 heteroatoms. The summed E-state index contributed by atoms with van der Waals surface area (Å²) in [5.41, 5.74) is 10.8. The zero-order valence-electron chi connectivity index (χ0n) is 22.7. The number of hydrogen-bond acceptors (Lipinski definition) is 8. The van der Waals surface area contributed by atoms with Crippen molar-refractivity contribution >= 4 is 17.5 Å². The number of likely N-dealkylation sites (tertiary alicyclic amines) is 1. The Morgan fingerprint density at radius 3 is 2.64 bits per heavy atom. The predicted octanol–water partition coefficient (Wildman–Crippen LogP) is 4.42. The fraction of sp³-hybridized carbons (Fsp3) is 0.679. The predicted molar refractivity (Wildman–Crippen MR) is 150 cm³/mol. The minimum Gasteiger partial charge on any atom is -0.495 e. The maximum atomic E-state index is 6.20. The third-order valence-electron chi connectivity index (χ3n) is 8.44. The van der Waals surface area contributed by atoms with Crippen LogP contribution in [0.1, 0.15) is 52.4 Å². The van der Waals surface area contributed by atoms with Crippen LogP contribution in [-0.4, -0.2) is 73.9 Å². The van der Waals surface area contributed by atoms with Gasteiger partial charge < -0.3 is 30.3 Å². The number of nitrogens with zero attached hydrogens (tertiary/aromatic N) is 3. The lowest BCUT2D eigenvalue weighted by Crippen LogP contribution is -2.41. The van der Waals surface area contributed by atoms with Gasteiger partial charge in [0.1, 0.15) is 12.4 Å². The maximum absolute atomic E-state index is 6.20. The highest BCUT2D eigenvalue weighted by Gasteiger charge is 2.35. The number of piperidine rings is 1. The zero-order chi connectivity index (χ0) is 25.7. The van der Waals surface area contributed by atoms with Crippen molar-refractivity contribution in [2.24, 2.45) is 22.6 Å². The van der Waals surface area contributed by atoms with E-state index in [4.69, 9.17) is 20.2 Å². The van der Waals surface area contributed by atoms with Gasteiger partial charge in [-0.3, -0.25) is 4.99 Å². The minimum absolute atomic E-state index is 0.345. The molecule has 3 heterocycles. The molecule has 200 valence electrons. The maximum Gasteiger partial charge on any atom is 0.139 e. The van der Waals surface area contributed by atoms with Gasteiger partial charge in [-0.2, -0.15) is 0 Å². The molecule has 0 radical (unpaired) electrons. The van der Waals surface area contributed by atoms with Crippen molar-refractivity contribution in [2.45, 2.75) is 69.8 Å². The number of rotatable bonds is 6. The van der Waals surface area contributed by atoms with E-state index in [9.17, 15) is 0 Å². The molecule has 36 heavy (non-hydrogen) atoms. The molecule has 0 aromatic heterocycles. The van der Waals surface area contributed by atoms with E-state index in [-0.39, 0.29) is 0 Å². The van der Waals surface area contributed by atoms with Crippen LogP contribution in [-0.2, 0) is 9.47 Å². The van der Waals surface area contributed by atoms with Gasteiger partial charge in [0, 0.05) is 62.4 Å². The standard InChI is InChI=1S/C28H45N5O2S/c1-19-6-7-21-12-15-36-28(21)20(2)32(3)25(17-29)27(19)31-18-30-24-9-8-22(16-26(24)35-5)33-13-10-23(34-4)11-14-33/h12,15-17,19-21,23,28,30H,6-11,13-14,18,29H2,1-5H3/b25-17+,31-27?. The first kappa shape index (κ1) is 27.0. The van der Waals surface area contributed by atoms with Crippen molar-refractivity contribution in [3.05, 3.63) is 46.6 Å². The highest BCUT2D eigenvalue weighted by molar-refractivity contribution is 8.03.